The van der Waals surface area contributed by atoms with Crippen LogP contribution in [0.1, 0.15) is 107 Å². The van der Waals surface area contributed by atoms with Gasteiger partial charge in [0.15, 0.2) is 0 Å². The van der Waals surface area contributed by atoms with Crippen molar-refractivity contribution in [2.75, 3.05) is 13.1 Å². The molecular formula is C32H52N2O4. The van der Waals surface area contributed by atoms with Gasteiger partial charge in [-0.1, -0.05) is 37.1 Å². The Morgan fingerprint density at radius 1 is 0.763 bits per heavy atom. The summed E-state index contributed by atoms with van der Waals surface area (Å²) in [5.41, 5.74) is 8.91. The van der Waals surface area contributed by atoms with Crippen LogP contribution in [0.15, 0.2) is 23.3 Å². The molecule has 0 saturated heterocycles. The number of ether oxygens (including phenoxy) is 2. The minimum atomic E-state index is -0.478. The number of hydrazine groups is 1. The number of carbonyl (C=O) groups excluding carboxylic acids is 2. The third-order valence-electron chi connectivity index (χ3n) is 9.39. The molecule has 0 aliphatic heterocycles. The van der Waals surface area contributed by atoms with Crippen LogP contribution in [-0.4, -0.2) is 36.2 Å². The van der Waals surface area contributed by atoms with Gasteiger partial charge in [0.1, 0.15) is 11.2 Å². The van der Waals surface area contributed by atoms with Crippen molar-refractivity contribution in [1.82, 2.24) is 10.9 Å². The summed E-state index contributed by atoms with van der Waals surface area (Å²) in [5.74, 6) is 1.93. The van der Waals surface area contributed by atoms with E-state index in [9.17, 15) is 9.59 Å². The Morgan fingerprint density at radius 3 is 1.45 bits per heavy atom. The van der Waals surface area contributed by atoms with E-state index in [4.69, 9.17) is 9.47 Å². The van der Waals surface area contributed by atoms with Crippen LogP contribution < -0.4 is 10.9 Å². The van der Waals surface area contributed by atoms with Gasteiger partial charge in [-0.15, -0.1) is 0 Å². The van der Waals surface area contributed by atoms with Crippen LogP contribution in [0, 0.1) is 34.5 Å². The quantitative estimate of drug-likeness (QED) is 0.142. The standard InChI is InChI=1S/C32H52N2O4/c1-9-21-11-23-15-31(25(23)13-21,17-27(35)37-29(3,4)5)19-33-34-20-32(18-28(36)38-30(6,7)8)16-24-12-22(10-2)14-26(24)32/h13-14,23-26,33-34H,9-12,15-20H2,1-8H3/t23-,24-,25-,26-,31-,32-/m1/s1. The first-order valence-electron chi connectivity index (χ1n) is 15.0. The maximum atomic E-state index is 12.9. The third kappa shape index (κ3) is 6.38. The van der Waals surface area contributed by atoms with Gasteiger partial charge >= 0.3 is 11.9 Å². The fraction of sp³-hybridized carbons (Fsp3) is 0.812. The molecular weight excluding hydrogens is 476 g/mol. The maximum Gasteiger partial charge on any atom is 0.306 e. The largest absolute Gasteiger partial charge is 0.460 e. The summed E-state index contributed by atoms with van der Waals surface area (Å²) in [4.78, 5) is 25.8. The molecule has 6 heteroatoms. The Labute approximate surface area is 230 Å². The highest BCUT2D eigenvalue weighted by molar-refractivity contribution is 5.72. The van der Waals surface area contributed by atoms with Crippen LogP contribution in [0.25, 0.3) is 0 Å². The first kappa shape index (κ1) is 29.3. The first-order valence-corrected chi connectivity index (χ1v) is 15.0. The fourth-order valence-electron chi connectivity index (χ4n) is 7.81. The van der Waals surface area contributed by atoms with E-state index in [2.05, 4.69) is 36.9 Å². The van der Waals surface area contributed by atoms with Crippen LogP contribution in [0.4, 0.5) is 0 Å². The number of rotatable bonds is 11. The molecule has 0 aromatic rings. The SMILES string of the molecule is CCC1=C[C@@H]2[C@H](C1)C[C@]2(CNNC[C@]1(CC(=O)OC(C)(C)C)C[C@H]2CC(CC)=C[C@H]21)CC(=O)OC(C)(C)C. The molecule has 214 valence electrons. The molecule has 0 aromatic carbocycles. The summed E-state index contributed by atoms with van der Waals surface area (Å²) < 4.78 is 11.5. The zero-order valence-electron chi connectivity index (χ0n) is 25.2. The van der Waals surface area contributed by atoms with Gasteiger partial charge in [0.25, 0.3) is 0 Å². The lowest BCUT2D eigenvalue weighted by molar-refractivity contribution is -0.164. The molecule has 0 unspecified atom stereocenters. The van der Waals surface area contributed by atoms with Gasteiger partial charge in [0.05, 0.1) is 12.8 Å². The van der Waals surface area contributed by atoms with E-state index in [1.165, 1.54) is 24.0 Å². The van der Waals surface area contributed by atoms with Crippen molar-refractivity contribution in [3.63, 3.8) is 0 Å². The van der Waals surface area contributed by atoms with Crippen LogP contribution in [-0.2, 0) is 19.1 Å². The average Bonchev–Trinajstić information content (AvgIpc) is 3.30. The fourth-order valence-corrected chi connectivity index (χ4v) is 7.81. The van der Waals surface area contributed by atoms with E-state index >= 15 is 0 Å². The van der Waals surface area contributed by atoms with E-state index in [1.54, 1.807) is 0 Å². The zero-order valence-corrected chi connectivity index (χ0v) is 25.2. The highest BCUT2D eigenvalue weighted by Crippen LogP contribution is 2.61. The molecule has 0 bridgehead atoms. The number of carbonyl (C=O) groups is 2. The van der Waals surface area contributed by atoms with Crippen LogP contribution >= 0.6 is 0 Å². The second kappa shape index (κ2) is 10.7. The van der Waals surface area contributed by atoms with Gasteiger partial charge < -0.3 is 9.47 Å². The summed E-state index contributed by atoms with van der Waals surface area (Å²) in [5, 5.41) is 0. The molecule has 0 aromatic heterocycles. The van der Waals surface area contributed by atoms with E-state index < -0.39 is 11.2 Å². The van der Waals surface area contributed by atoms with Gasteiger partial charge in [0.2, 0.25) is 0 Å². The van der Waals surface area contributed by atoms with Gasteiger partial charge in [-0.25, -0.2) is 0 Å². The van der Waals surface area contributed by atoms with Gasteiger partial charge in [-0.3, -0.25) is 20.4 Å². The summed E-state index contributed by atoms with van der Waals surface area (Å²) in [7, 11) is 0. The van der Waals surface area contributed by atoms with Gasteiger partial charge in [0, 0.05) is 23.9 Å². The number of fused-ring (bicyclic) bond motifs is 2. The molecule has 2 N–H and O–H groups in total. The molecule has 6 atom stereocenters. The van der Waals surface area contributed by atoms with Crippen molar-refractivity contribution in [1.29, 1.82) is 0 Å². The number of hydrogen-bond acceptors (Lipinski definition) is 6. The Morgan fingerprint density at radius 2 is 1.13 bits per heavy atom. The Bertz CT molecular complexity index is 893. The molecule has 2 saturated carbocycles. The minimum absolute atomic E-state index is 0.109. The molecule has 0 radical (unpaired) electrons. The number of hydrogen-bond donors (Lipinski definition) is 2. The van der Waals surface area contributed by atoms with Crippen molar-refractivity contribution < 1.29 is 19.1 Å². The maximum absolute atomic E-state index is 12.9. The van der Waals surface area contributed by atoms with Crippen LogP contribution in [0.3, 0.4) is 0 Å². The highest BCUT2D eigenvalue weighted by Gasteiger charge is 2.57. The number of allylic oxidation sites excluding steroid dienone is 4. The Hall–Kier alpha value is -1.66. The van der Waals surface area contributed by atoms with E-state index in [0.29, 0.717) is 49.6 Å². The molecule has 0 amide bonds. The normalized spacial score (nSPS) is 33.9. The molecule has 4 aliphatic rings. The van der Waals surface area contributed by atoms with E-state index in [0.717, 1.165) is 25.7 Å². The predicted molar refractivity (Wildman–Crippen MR) is 151 cm³/mol. The van der Waals surface area contributed by atoms with Gasteiger partial charge in [-0.2, -0.15) is 0 Å². The molecule has 38 heavy (non-hydrogen) atoms. The summed E-state index contributed by atoms with van der Waals surface area (Å²) >= 11 is 0. The topological polar surface area (TPSA) is 76.7 Å². The average molecular weight is 529 g/mol. The number of nitrogens with one attached hydrogen (secondary N) is 2. The van der Waals surface area contributed by atoms with Crippen LogP contribution in [0.5, 0.6) is 0 Å². The van der Waals surface area contributed by atoms with Gasteiger partial charge in [-0.05, 0) is 104 Å². The predicted octanol–water partition coefficient (Wildman–Crippen LogP) is 6.27. The monoisotopic (exact) mass is 528 g/mol. The minimum Gasteiger partial charge on any atom is -0.460 e. The molecule has 4 rings (SSSR count). The Balaban J connectivity index is 1.41. The van der Waals surface area contributed by atoms with Crippen LogP contribution in [0.2, 0.25) is 0 Å². The third-order valence-corrected chi connectivity index (χ3v) is 9.39. The second-order valence-electron chi connectivity index (χ2n) is 14.7. The lowest BCUT2D eigenvalue weighted by atomic mass is 9.53. The summed E-state index contributed by atoms with van der Waals surface area (Å²) in [6.45, 7) is 17.5. The molecule has 0 heterocycles. The molecule has 4 aliphatic carbocycles. The smallest absolute Gasteiger partial charge is 0.306 e. The lowest BCUT2D eigenvalue weighted by Gasteiger charge is -2.54. The summed E-state index contributed by atoms with van der Waals surface area (Å²) in [6, 6.07) is 0. The van der Waals surface area contributed by atoms with E-state index in [1.807, 2.05) is 41.5 Å². The molecule has 2 fully saturated rings. The summed E-state index contributed by atoms with van der Waals surface area (Å²) in [6.07, 6.45) is 12.3. The van der Waals surface area contributed by atoms with Crippen molar-refractivity contribution in [3.05, 3.63) is 23.3 Å². The molecule has 6 nitrogen and oxygen atoms in total. The van der Waals surface area contributed by atoms with Crippen molar-refractivity contribution in [2.24, 2.45) is 34.5 Å². The first-order chi connectivity index (χ1) is 17.7. The van der Waals surface area contributed by atoms with Crippen molar-refractivity contribution in [2.45, 2.75) is 118 Å². The number of esters is 2. The Kier molecular flexibility index (Phi) is 8.28. The van der Waals surface area contributed by atoms with E-state index in [-0.39, 0.29) is 22.8 Å². The molecule has 0 spiro atoms. The van der Waals surface area contributed by atoms with Crippen molar-refractivity contribution in [3.8, 4) is 0 Å². The zero-order chi connectivity index (χ0) is 27.9. The lowest BCUT2D eigenvalue weighted by Crippen LogP contribution is -2.58. The second-order valence-corrected chi connectivity index (χ2v) is 14.7. The highest BCUT2D eigenvalue weighted by atomic mass is 16.6. The van der Waals surface area contributed by atoms with Crippen molar-refractivity contribution >= 4 is 11.9 Å².